The fourth-order valence-electron chi connectivity index (χ4n) is 4.09. The summed E-state index contributed by atoms with van der Waals surface area (Å²) in [6.07, 6.45) is 2.38. The van der Waals surface area contributed by atoms with Crippen LogP contribution in [0.15, 0.2) is 30.3 Å². The van der Waals surface area contributed by atoms with Gasteiger partial charge in [-0.05, 0) is 36.6 Å². The fraction of sp³-hybridized carbons (Fsp3) is 0.391. The molecule has 2 aliphatic rings. The molecule has 7 heteroatoms. The summed E-state index contributed by atoms with van der Waals surface area (Å²) in [6, 6.07) is 9.12. The predicted molar refractivity (Wildman–Crippen MR) is 108 cm³/mol. The highest BCUT2D eigenvalue weighted by Crippen LogP contribution is 2.48. The number of carbonyl (C=O) groups is 2. The molecule has 158 valence electrons. The van der Waals surface area contributed by atoms with Crippen LogP contribution in [0.2, 0.25) is 0 Å². The molecule has 1 saturated carbocycles. The molecule has 0 atom stereocenters. The Bertz CT molecular complexity index is 991. The second-order valence-corrected chi connectivity index (χ2v) is 7.50. The second kappa shape index (κ2) is 7.89. The van der Waals surface area contributed by atoms with E-state index in [0.717, 1.165) is 23.1 Å². The van der Waals surface area contributed by atoms with Gasteiger partial charge in [0.25, 0.3) is 0 Å². The SMILES string of the molecule is COC(=O)C1(COc2c(-c3cccc4c3COC4=O)ccc(OC)c2OC)CCC1. The normalized spacial score (nSPS) is 16.2. The zero-order valence-corrected chi connectivity index (χ0v) is 17.3. The number of methoxy groups -OCH3 is 3. The Morgan fingerprint density at radius 1 is 1.00 bits per heavy atom. The van der Waals surface area contributed by atoms with Gasteiger partial charge in [-0.25, -0.2) is 4.79 Å². The highest BCUT2D eigenvalue weighted by atomic mass is 16.5. The number of fused-ring (bicyclic) bond motifs is 1. The zero-order chi connectivity index (χ0) is 21.3. The van der Waals surface area contributed by atoms with Gasteiger partial charge in [-0.3, -0.25) is 4.79 Å². The van der Waals surface area contributed by atoms with Crippen LogP contribution in [-0.2, 0) is 20.9 Å². The molecule has 0 bridgehead atoms. The summed E-state index contributed by atoms with van der Waals surface area (Å²) in [7, 11) is 4.48. The van der Waals surface area contributed by atoms with E-state index in [0.29, 0.717) is 35.7 Å². The number of hydrogen-bond acceptors (Lipinski definition) is 7. The third kappa shape index (κ3) is 3.14. The summed E-state index contributed by atoms with van der Waals surface area (Å²) in [6.45, 7) is 0.366. The molecule has 2 aromatic carbocycles. The number of rotatable bonds is 7. The lowest BCUT2D eigenvalue weighted by molar-refractivity contribution is -0.161. The molecule has 0 unspecified atom stereocenters. The van der Waals surface area contributed by atoms with Crippen molar-refractivity contribution < 1.29 is 33.3 Å². The summed E-state index contributed by atoms with van der Waals surface area (Å²) >= 11 is 0. The molecule has 7 nitrogen and oxygen atoms in total. The Hall–Kier alpha value is -3.22. The molecule has 0 spiro atoms. The van der Waals surface area contributed by atoms with Gasteiger partial charge in [-0.15, -0.1) is 0 Å². The van der Waals surface area contributed by atoms with Gasteiger partial charge < -0.3 is 23.7 Å². The maximum absolute atomic E-state index is 12.3. The molecule has 0 N–H and O–H groups in total. The predicted octanol–water partition coefficient (Wildman–Crippen LogP) is 3.76. The van der Waals surface area contributed by atoms with E-state index in [4.69, 9.17) is 23.7 Å². The summed E-state index contributed by atoms with van der Waals surface area (Å²) in [5, 5.41) is 0. The maximum atomic E-state index is 12.3. The van der Waals surface area contributed by atoms with Gasteiger partial charge >= 0.3 is 11.9 Å². The van der Waals surface area contributed by atoms with Crippen LogP contribution in [0.3, 0.4) is 0 Å². The summed E-state index contributed by atoms with van der Waals surface area (Å²) in [5.74, 6) is 0.791. The number of esters is 2. The molecule has 0 saturated heterocycles. The topological polar surface area (TPSA) is 80.3 Å². The summed E-state index contributed by atoms with van der Waals surface area (Å²) in [4.78, 5) is 24.4. The number of benzene rings is 2. The van der Waals surface area contributed by atoms with E-state index in [-0.39, 0.29) is 25.2 Å². The first-order valence-corrected chi connectivity index (χ1v) is 9.80. The lowest BCUT2D eigenvalue weighted by atomic mass is 9.69. The van der Waals surface area contributed by atoms with Crippen LogP contribution in [-0.4, -0.2) is 39.9 Å². The van der Waals surface area contributed by atoms with E-state index in [1.807, 2.05) is 18.2 Å². The van der Waals surface area contributed by atoms with Crippen molar-refractivity contribution in [2.24, 2.45) is 5.41 Å². The van der Waals surface area contributed by atoms with Crippen LogP contribution in [0, 0.1) is 5.41 Å². The molecule has 1 aliphatic heterocycles. The Labute approximate surface area is 174 Å². The lowest BCUT2D eigenvalue weighted by Gasteiger charge is -2.38. The maximum Gasteiger partial charge on any atom is 0.338 e. The molecule has 0 radical (unpaired) electrons. The average molecular weight is 412 g/mol. The first kappa shape index (κ1) is 20.1. The number of ether oxygens (including phenoxy) is 5. The van der Waals surface area contributed by atoms with Crippen LogP contribution in [0.1, 0.15) is 35.2 Å². The standard InChI is InChI=1S/C23H24O7/c1-26-18-9-8-15(14-6-4-7-16-17(14)12-29-21(16)24)19(20(18)27-2)30-13-23(10-5-11-23)22(25)28-3/h4,6-9H,5,10-13H2,1-3H3. The Morgan fingerprint density at radius 2 is 1.77 bits per heavy atom. The van der Waals surface area contributed by atoms with E-state index in [1.165, 1.54) is 14.2 Å². The van der Waals surface area contributed by atoms with Crippen molar-refractivity contribution >= 4 is 11.9 Å². The Kier molecular flexibility index (Phi) is 5.28. The van der Waals surface area contributed by atoms with Crippen molar-refractivity contribution in [2.75, 3.05) is 27.9 Å². The van der Waals surface area contributed by atoms with Gasteiger partial charge in [0.1, 0.15) is 18.6 Å². The number of carbonyl (C=O) groups excluding carboxylic acids is 2. The third-order valence-electron chi connectivity index (χ3n) is 5.96. The van der Waals surface area contributed by atoms with Gasteiger partial charge in [0.15, 0.2) is 11.5 Å². The van der Waals surface area contributed by atoms with E-state index in [9.17, 15) is 9.59 Å². The summed E-state index contributed by atoms with van der Waals surface area (Å²) in [5.41, 5.74) is 2.24. The van der Waals surface area contributed by atoms with Crippen molar-refractivity contribution in [1.82, 2.24) is 0 Å². The van der Waals surface area contributed by atoms with Gasteiger partial charge in [-0.2, -0.15) is 0 Å². The van der Waals surface area contributed by atoms with E-state index in [1.54, 1.807) is 19.2 Å². The minimum absolute atomic E-state index is 0.167. The molecular formula is C23H24O7. The first-order valence-electron chi connectivity index (χ1n) is 9.80. The van der Waals surface area contributed by atoms with Gasteiger partial charge in [0.05, 0.1) is 26.9 Å². The molecule has 0 amide bonds. The van der Waals surface area contributed by atoms with Crippen molar-refractivity contribution in [1.29, 1.82) is 0 Å². The summed E-state index contributed by atoms with van der Waals surface area (Å²) < 4.78 is 27.5. The highest BCUT2D eigenvalue weighted by molar-refractivity contribution is 5.96. The fourth-order valence-corrected chi connectivity index (χ4v) is 4.09. The smallest absolute Gasteiger partial charge is 0.338 e. The second-order valence-electron chi connectivity index (χ2n) is 7.50. The minimum Gasteiger partial charge on any atom is -0.493 e. The van der Waals surface area contributed by atoms with Crippen molar-refractivity contribution in [3.8, 4) is 28.4 Å². The van der Waals surface area contributed by atoms with Crippen LogP contribution in [0.25, 0.3) is 11.1 Å². The zero-order valence-electron chi connectivity index (χ0n) is 17.3. The molecule has 4 rings (SSSR count). The van der Waals surface area contributed by atoms with Crippen molar-refractivity contribution in [3.05, 3.63) is 41.5 Å². The van der Waals surface area contributed by atoms with Crippen LogP contribution >= 0.6 is 0 Å². The molecule has 1 heterocycles. The average Bonchev–Trinajstić information content (AvgIpc) is 3.13. The van der Waals surface area contributed by atoms with E-state index < -0.39 is 5.41 Å². The van der Waals surface area contributed by atoms with Crippen LogP contribution < -0.4 is 14.2 Å². The van der Waals surface area contributed by atoms with Crippen molar-refractivity contribution in [2.45, 2.75) is 25.9 Å². The van der Waals surface area contributed by atoms with Gasteiger partial charge in [0.2, 0.25) is 5.75 Å². The molecule has 30 heavy (non-hydrogen) atoms. The molecule has 2 aromatic rings. The molecular weight excluding hydrogens is 388 g/mol. The number of hydrogen-bond donors (Lipinski definition) is 0. The Balaban J connectivity index is 1.79. The Morgan fingerprint density at radius 3 is 2.40 bits per heavy atom. The third-order valence-corrected chi connectivity index (χ3v) is 5.96. The van der Waals surface area contributed by atoms with Gasteiger partial charge in [-0.1, -0.05) is 18.6 Å². The minimum atomic E-state index is -0.655. The molecule has 1 fully saturated rings. The quantitative estimate of drug-likeness (QED) is 0.641. The van der Waals surface area contributed by atoms with Gasteiger partial charge in [0, 0.05) is 11.1 Å². The van der Waals surface area contributed by atoms with E-state index >= 15 is 0 Å². The van der Waals surface area contributed by atoms with Crippen LogP contribution in [0.4, 0.5) is 0 Å². The lowest BCUT2D eigenvalue weighted by Crippen LogP contribution is -2.44. The van der Waals surface area contributed by atoms with Crippen molar-refractivity contribution in [3.63, 3.8) is 0 Å². The molecule has 1 aliphatic carbocycles. The largest absolute Gasteiger partial charge is 0.493 e. The molecule has 0 aromatic heterocycles. The highest BCUT2D eigenvalue weighted by Gasteiger charge is 2.46. The number of cyclic esters (lactones) is 1. The van der Waals surface area contributed by atoms with Crippen LogP contribution in [0.5, 0.6) is 17.2 Å². The monoisotopic (exact) mass is 412 g/mol. The van der Waals surface area contributed by atoms with E-state index in [2.05, 4.69) is 0 Å². The first-order chi connectivity index (χ1) is 14.5.